The monoisotopic (exact) mass is 360 g/mol. The summed E-state index contributed by atoms with van der Waals surface area (Å²) in [5.74, 6) is 1.46. The summed E-state index contributed by atoms with van der Waals surface area (Å²) < 4.78 is 0. The molecular formula is C20H20N6O. The first-order chi connectivity index (χ1) is 13.3. The van der Waals surface area contributed by atoms with Gasteiger partial charge in [-0.3, -0.25) is 9.89 Å². The molecule has 0 bridgehead atoms. The minimum absolute atomic E-state index is 0.0561. The van der Waals surface area contributed by atoms with Gasteiger partial charge in [-0.25, -0.2) is 10.4 Å². The molecule has 1 aliphatic heterocycles. The van der Waals surface area contributed by atoms with Gasteiger partial charge in [0, 0.05) is 23.2 Å². The average Bonchev–Trinajstić information content (AvgIpc) is 3.43. The molecule has 0 saturated heterocycles. The van der Waals surface area contributed by atoms with Crippen molar-refractivity contribution >= 4 is 23.2 Å². The number of aromatic amines is 1. The summed E-state index contributed by atoms with van der Waals surface area (Å²) in [6.07, 6.45) is 10.1. The Morgan fingerprint density at radius 3 is 2.85 bits per heavy atom. The fraction of sp³-hybridized carbons (Fsp3) is 0.250. The van der Waals surface area contributed by atoms with Crippen LogP contribution in [0.15, 0.2) is 59.6 Å². The SMILES string of the molecule is O=C1Nc2ccccc2C(=Nc2cc(C3CC3)[nH]n2)NNC2C=CC=CC12. The molecule has 3 aliphatic rings. The summed E-state index contributed by atoms with van der Waals surface area (Å²) in [5.41, 5.74) is 9.10. The molecule has 5 rings (SSSR count). The van der Waals surface area contributed by atoms with Gasteiger partial charge in [-0.1, -0.05) is 36.4 Å². The zero-order valence-electron chi connectivity index (χ0n) is 14.6. The van der Waals surface area contributed by atoms with Crippen LogP contribution in [0.5, 0.6) is 0 Å². The van der Waals surface area contributed by atoms with E-state index in [0.717, 1.165) is 16.9 Å². The van der Waals surface area contributed by atoms with Gasteiger partial charge in [-0.15, -0.1) is 0 Å². The number of amidine groups is 1. The minimum atomic E-state index is -0.304. The Morgan fingerprint density at radius 2 is 1.96 bits per heavy atom. The van der Waals surface area contributed by atoms with Crippen molar-refractivity contribution in [2.24, 2.45) is 10.9 Å². The first-order valence-corrected chi connectivity index (χ1v) is 9.19. The van der Waals surface area contributed by atoms with E-state index in [2.05, 4.69) is 26.4 Å². The summed E-state index contributed by atoms with van der Waals surface area (Å²) in [4.78, 5) is 17.4. The second kappa shape index (κ2) is 6.51. The maximum atomic E-state index is 12.7. The molecule has 2 heterocycles. The Kier molecular flexibility index (Phi) is 3.86. The summed E-state index contributed by atoms with van der Waals surface area (Å²) in [7, 11) is 0. The number of anilines is 1. The maximum Gasteiger partial charge on any atom is 0.233 e. The van der Waals surface area contributed by atoms with Crippen LogP contribution in [0, 0.1) is 5.92 Å². The summed E-state index contributed by atoms with van der Waals surface area (Å²) in [6, 6.07) is 9.46. The van der Waals surface area contributed by atoms with Crippen molar-refractivity contribution in [3.05, 3.63) is 65.9 Å². The number of aromatic nitrogens is 2. The molecule has 136 valence electrons. The van der Waals surface area contributed by atoms with Crippen molar-refractivity contribution in [3.8, 4) is 0 Å². The Morgan fingerprint density at radius 1 is 1.11 bits per heavy atom. The third-order valence-electron chi connectivity index (χ3n) is 5.06. The molecule has 1 saturated carbocycles. The molecule has 0 spiro atoms. The van der Waals surface area contributed by atoms with Gasteiger partial charge in [0.25, 0.3) is 0 Å². The Hall–Kier alpha value is -3.19. The first-order valence-electron chi connectivity index (χ1n) is 9.19. The van der Waals surface area contributed by atoms with Crippen molar-refractivity contribution in [3.63, 3.8) is 0 Å². The summed E-state index contributed by atoms with van der Waals surface area (Å²) >= 11 is 0. The Bertz CT molecular complexity index is 968. The van der Waals surface area contributed by atoms with Crippen LogP contribution in [-0.4, -0.2) is 28.0 Å². The van der Waals surface area contributed by atoms with E-state index in [4.69, 9.17) is 4.99 Å². The number of nitrogens with one attached hydrogen (secondary N) is 4. The molecule has 0 radical (unpaired) electrons. The number of hydrazine groups is 1. The second-order valence-corrected chi connectivity index (χ2v) is 7.04. The van der Waals surface area contributed by atoms with Gasteiger partial charge in [0.05, 0.1) is 17.6 Å². The normalized spacial score (nSPS) is 25.6. The van der Waals surface area contributed by atoms with Crippen molar-refractivity contribution < 1.29 is 4.79 Å². The fourth-order valence-electron chi connectivity index (χ4n) is 3.42. The Labute approximate surface area is 156 Å². The van der Waals surface area contributed by atoms with Crippen LogP contribution in [0.3, 0.4) is 0 Å². The largest absolute Gasteiger partial charge is 0.325 e. The number of carbonyl (C=O) groups excluding carboxylic acids is 1. The number of aliphatic imine (C=N–C) groups is 1. The van der Waals surface area contributed by atoms with Gasteiger partial charge in [0.15, 0.2) is 11.7 Å². The number of rotatable bonds is 2. The summed E-state index contributed by atoms with van der Waals surface area (Å²) in [5, 5.41) is 10.4. The predicted octanol–water partition coefficient (Wildman–Crippen LogP) is 2.52. The second-order valence-electron chi connectivity index (χ2n) is 7.04. The topological polar surface area (TPSA) is 94.2 Å². The van der Waals surface area contributed by atoms with Crippen LogP contribution in [0.4, 0.5) is 11.5 Å². The van der Waals surface area contributed by atoms with E-state index in [0.29, 0.717) is 17.6 Å². The smallest absolute Gasteiger partial charge is 0.233 e. The molecule has 7 nitrogen and oxygen atoms in total. The number of carbonyl (C=O) groups is 1. The molecule has 1 aromatic carbocycles. The van der Waals surface area contributed by atoms with E-state index in [1.54, 1.807) is 0 Å². The van der Waals surface area contributed by atoms with E-state index < -0.39 is 0 Å². The molecule has 27 heavy (non-hydrogen) atoms. The van der Waals surface area contributed by atoms with Crippen LogP contribution < -0.4 is 16.2 Å². The molecule has 1 aromatic heterocycles. The number of benzene rings is 1. The standard InChI is InChI=1S/C20H20N6O/c27-20-14-6-2-4-8-16(14)23-26-19(13-5-1-3-7-15(13)21-20)22-18-11-17(24-25-18)12-9-10-12/h1-8,11-12,14,16,23H,9-10H2,(H,21,27)(H2,22,24,25,26). The quantitative estimate of drug-likeness (QED) is 0.662. The lowest BCUT2D eigenvalue weighted by Gasteiger charge is -2.23. The number of amides is 1. The maximum absolute atomic E-state index is 12.7. The molecule has 2 aromatic rings. The highest BCUT2D eigenvalue weighted by molar-refractivity contribution is 6.08. The van der Waals surface area contributed by atoms with Crippen molar-refractivity contribution in [1.29, 1.82) is 0 Å². The van der Waals surface area contributed by atoms with Crippen LogP contribution in [0.1, 0.15) is 30.0 Å². The van der Waals surface area contributed by atoms with E-state index in [-0.39, 0.29) is 17.9 Å². The number of H-pyrrole nitrogens is 1. The molecule has 2 aliphatic carbocycles. The lowest BCUT2D eigenvalue weighted by molar-refractivity contribution is -0.119. The molecule has 4 N–H and O–H groups in total. The van der Waals surface area contributed by atoms with E-state index in [1.807, 2.05) is 54.6 Å². The third-order valence-corrected chi connectivity index (χ3v) is 5.06. The number of hydrogen-bond donors (Lipinski definition) is 4. The number of nitrogens with zero attached hydrogens (tertiary/aromatic N) is 2. The number of fused-ring (bicyclic) bond motifs is 2. The number of hydrogen-bond acceptors (Lipinski definition) is 4. The van der Waals surface area contributed by atoms with Crippen molar-refractivity contribution in [1.82, 2.24) is 21.0 Å². The van der Waals surface area contributed by atoms with Gasteiger partial charge in [0.2, 0.25) is 5.91 Å². The minimum Gasteiger partial charge on any atom is -0.325 e. The molecule has 7 heteroatoms. The zero-order valence-corrected chi connectivity index (χ0v) is 14.6. The number of para-hydroxylation sites is 1. The van der Waals surface area contributed by atoms with E-state index in [1.165, 1.54) is 12.8 Å². The Balaban J connectivity index is 1.54. The van der Waals surface area contributed by atoms with Gasteiger partial charge < -0.3 is 10.7 Å². The molecule has 2 atom stereocenters. The highest BCUT2D eigenvalue weighted by Crippen LogP contribution is 2.39. The lowest BCUT2D eigenvalue weighted by Crippen LogP contribution is -2.48. The predicted molar refractivity (Wildman–Crippen MR) is 104 cm³/mol. The van der Waals surface area contributed by atoms with Crippen molar-refractivity contribution in [2.75, 3.05) is 5.32 Å². The highest BCUT2D eigenvalue weighted by atomic mass is 16.1. The summed E-state index contributed by atoms with van der Waals surface area (Å²) in [6.45, 7) is 0. The van der Waals surface area contributed by atoms with Gasteiger partial charge >= 0.3 is 0 Å². The van der Waals surface area contributed by atoms with E-state index in [9.17, 15) is 4.79 Å². The van der Waals surface area contributed by atoms with Crippen LogP contribution in [0.2, 0.25) is 0 Å². The molecular weight excluding hydrogens is 340 g/mol. The van der Waals surface area contributed by atoms with Gasteiger partial charge in [0.1, 0.15) is 0 Å². The highest BCUT2D eigenvalue weighted by Gasteiger charge is 2.29. The van der Waals surface area contributed by atoms with Crippen LogP contribution in [-0.2, 0) is 4.79 Å². The zero-order chi connectivity index (χ0) is 18.2. The van der Waals surface area contributed by atoms with Crippen LogP contribution >= 0.6 is 0 Å². The molecule has 1 amide bonds. The fourth-order valence-corrected chi connectivity index (χ4v) is 3.42. The van der Waals surface area contributed by atoms with Crippen molar-refractivity contribution in [2.45, 2.75) is 24.8 Å². The molecule has 1 fully saturated rings. The van der Waals surface area contributed by atoms with Gasteiger partial charge in [-0.2, -0.15) is 5.10 Å². The van der Waals surface area contributed by atoms with Crippen LogP contribution in [0.25, 0.3) is 0 Å². The van der Waals surface area contributed by atoms with Gasteiger partial charge in [-0.05, 0) is 25.0 Å². The molecule has 2 unspecified atom stereocenters. The first kappa shape index (κ1) is 16.0. The lowest BCUT2D eigenvalue weighted by atomic mass is 9.94. The van der Waals surface area contributed by atoms with E-state index >= 15 is 0 Å². The average molecular weight is 360 g/mol. The number of allylic oxidation sites excluding steroid dienone is 2. The third kappa shape index (κ3) is 3.17.